The molecule has 0 aliphatic heterocycles. The van der Waals surface area contributed by atoms with Crippen LogP contribution in [0.3, 0.4) is 0 Å². The molecule has 0 amide bonds. The fourth-order valence-electron chi connectivity index (χ4n) is 0.944. The van der Waals surface area contributed by atoms with Gasteiger partial charge in [0.25, 0.3) is 0 Å². The summed E-state index contributed by atoms with van der Waals surface area (Å²) in [7, 11) is 0. The van der Waals surface area contributed by atoms with Gasteiger partial charge < -0.3 is 5.73 Å². The number of hydrogen-bond acceptors (Lipinski definition) is 1. The van der Waals surface area contributed by atoms with Crippen LogP contribution in [0.2, 0.25) is 0 Å². The van der Waals surface area contributed by atoms with E-state index in [1.165, 1.54) is 0 Å². The van der Waals surface area contributed by atoms with E-state index < -0.39 is 18.0 Å². The largest absolute Gasteiger partial charge is 0.407 e. The summed E-state index contributed by atoms with van der Waals surface area (Å²) in [5, 5.41) is 0. The van der Waals surface area contributed by atoms with Gasteiger partial charge in [-0.25, -0.2) is 4.39 Å². The van der Waals surface area contributed by atoms with Gasteiger partial charge in [-0.3, -0.25) is 0 Å². The molecule has 1 atom stereocenters. The minimum absolute atomic E-state index is 0.229. The Morgan fingerprint density at radius 3 is 2.21 bits per heavy atom. The van der Waals surface area contributed by atoms with Crippen LogP contribution < -0.4 is 5.73 Å². The van der Waals surface area contributed by atoms with E-state index in [9.17, 15) is 17.6 Å². The summed E-state index contributed by atoms with van der Waals surface area (Å²) in [6, 6.07) is 0.811. The van der Waals surface area contributed by atoms with Gasteiger partial charge in [-0.05, 0) is 23.8 Å². The van der Waals surface area contributed by atoms with Crippen molar-refractivity contribution in [2.24, 2.45) is 5.73 Å². The molecule has 0 aliphatic carbocycles. The molecule has 6 heteroatoms. The predicted octanol–water partition coefficient (Wildman–Crippen LogP) is 3.15. The summed E-state index contributed by atoms with van der Waals surface area (Å²) >= 11 is 2.89. The molecular weight excluding hydrogens is 266 g/mol. The monoisotopic (exact) mass is 271 g/mol. The highest BCUT2D eigenvalue weighted by molar-refractivity contribution is 9.10. The minimum atomic E-state index is -4.56. The van der Waals surface area contributed by atoms with Crippen molar-refractivity contribution in [3.05, 3.63) is 34.1 Å². The first-order valence-electron chi connectivity index (χ1n) is 3.59. The van der Waals surface area contributed by atoms with E-state index in [1.54, 1.807) is 0 Å². The molecule has 1 nitrogen and oxygen atoms in total. The smallest absolute Gasteiger partial charge is 0.316 e. The SMILES string of the molecule is NC(c1cc(F)cc(Br)c1)C(F)(F)F. The zero-order chi connectivity index (χ0) is 10.9. The molecule has 1 aromatic carbocycles. The minimum Gasteiger partial charge on any atom is -0.316 e. The number of benzene rings is 1. The second kappa shape index (κ2) is 3.86. The van der Waals surface area contributed by atoms with E-state index in [0.717, 1.165) is 18.2 Å². The number of alkyl halides is 3. The lowest BCUT2D eigenvalue weighted by Gasteiger charge is -2.15. The van der Waals surface area contributed by atoms with Crippen molar-refractivity contribution in [3.8, 4) is 0 Å². The average molecular weight is 272 g/mol. The quantitative estimate of drug-likeness (QED) is 0.781. The van der Waals surface area contributed by atoms with E-state index >= 15 is 0 Å². The molecule has 14 heavy (non-hydrogen) atoms. The number of halogens is 5. The number of nitrogens with two attached hydrogens (primary N) is 1. The van der Waals surface area contributed by atoms with Gasteiger partial charge in [-0.15, -0.1) is 0 Å². The van der Waals surface area contributed by atoms with Crippen LogP contribution in [-0.2, 0) is 0 Å². The highest BCUT2D eigenvalue weighted by Crippen LogP contribution is 2.31. The van der Waals surface area contributed by atoms with E-state index in [0.29, 0.717) is 0 Å². The van der Waals surface area contributed by atoms with Crippen molar-refractivity contribution in [2.75, 3.05) is 0 Å². The summed E-state index contributed by atoms with van der Waals surface area (Å²) in [6.45, 7) is 0. The Morgan fingerprint density at radius 1 is 1.21 bits per heavy atom. The van der Waals surface area contributed by atoms with E-state index in [4.69, 9.17) is 5.73 Å². The van der Waals surface area contributed by atoms with Gasteiger partial charge in [0.2, 0.25) is 0 Å². The molecule has 78 valence electrons. The Morgan fingerprint density at radius 2 is 1.79 bits per heavy atom. The van der Waals surface area contributed by atoms with Crippen LogP contribution >= 0.6 is 15.9 Å². The standard InChI is InChI=1S/C8H6BrF4N/c9-5-1-4(2-6(10)3-5)7(14)8(11,12)13/h1-3,7H,14H2. The van der Waals surface area contributed by atoms with Gasteiger partial charge in [-0.2, -0.15) is 13.2 Å². The highest BCUT2D eigenvalue weighted by Gasteiger charge is 2.38. The van der Waals surface area contributed by atoms with Crippen LogP contribution in [-0.4, -0.2) is 6.18 Å². The van der Waals surface area contributed by atoms with Gasteiger partial charge in [0.15, 0.2) is 0 Å². The van der Waals surface area contributed by atoms with Crippen molar-refractivity contribution >= 4 is 15.9 Å². The Labute approximate surface area is 86.0 Å². The molecule has 0 radical (unpaired) electrons. The van der Waals surface area contributed by atoms with Gasteiger partial charge in [0.1, 0.15) is 11.9 Å². The summed E-state index contributed by atoms with van der Waals surface area (Å²) in [5.74, 6) is -0.755. The van der Waals surface area contributed by atoms with Crippen LogP contribution in [0.4, 0.5) is 17.6 Å². The summed E-state index contributed by atoms with van der Waals surface area (Å²) in [4.78, 5) is 0. The molecule has 0 bridgehead atoms. The van der Waals surface area contributed by atoms with Crippen molar-refractivity contribution in [1.82, 2.24) is 0 Å². The van der Waals surface area contributed by atoms with Crippen LogP contribution in [0.5, 0.6) is 0 Å². The molecule has 2 N–H and O–H groups in total. The average Bonchev–Trinajstić information content (AvgIpc) is 1.99. The lowest BCUT2D eigenvalue weighted by atomic mass is 10.1. The van der Waals surface area contributed by atoms with Crippen LogP contribution in [0, 0.1) is 5.82 Å². The molecule has 0 heterocycles. The zero-order valence-corrected chi connectivity index (χ0v) is 8.36. The molecule has 1 rings (SSSR count). The van der Waals surface area contributed by atoms with Crippen LogP contribution in [0.25, 0.3) is 0 Å². The summed E-state index contributed by atoms with van der Waals surface area (Å²) < 4.78 is 49.4. The molecule has 1 aromatic rings. The maximum atomic E-state index is 12.7. The Bertz CT molecular complexity index is 316. The van der Waals surface area contributed by atoms with Crippen LogP contribution in [0.1, 0.15) is 11.6 Å². The Balaban J connectivity index is 3.07. The van der Waals surface area contributed by atoms with E-state index in [2.05, 4.69) is 15.9 Å². The van der Waals surface area contributed by atoms with Crippen molar-refractivity contribution in [1.29, 1.82) is 0 Å². The third kappa shape index (κ3) is 2.68. The molecule has 0 fully saturated rings. The van der Waals surface area contributed by atoms with Crippen molar-refractivity contribution < 1.29 is 17.6 Å². The molecule has 0 saturated heterocycles. The van der Waals surface area contributed by atoms with Crippen molar-refractivity contribution in [2.45, 2.75) is 12.2 Å². The Kier molecular flexibility index (Phi) is 3.16. The Hall–Kier alpha value is -0.620. The van der Waals surface area contributed by atoms with Gasteiger partial charge in [0, 0.05) is 4.47 Å². The first kappa shape index (κ1) is 11.5. The third-order valence-corrected chi connectivity index (χ3v) is 2.05. The van der Waals surface area contributed by atoms with Crippen LogP contribution in [0.15, 0.2) is 22.7 Å². The first-order valence-corrected chi connectivity index (χ1v) is 4.38. The topological polar surface area (TPSA) is 26.0 Å². The molecule has 0 aromatic heterocycles. The third-order valence-electron chi connectivity index (χ3n) is 1.60. The molecular formula is C8H6BrF4N. The molecule has 0 spiro atoms. The first-order chi connectivity index (χ1) is 6.30. The zero-order valence-electron chi connectivity index (χ0n) is 6.78. The highest BCUT2D eigenvalue weighted by atomic mass is 79.9. The number of rotatable bonds is 1. The summed E-state index contributed by atoms with van der Waals surface area (Å²) in [5.41, 5.74) is 4.60. The van der Waals surface area contributed by atoms with Gasteiger partial charge in [-0.1, -0.05) is 15.9 Å². The lowest BCUT2D eigenvalue weighted by Crippen LogP contribution is -2.28. The molecule has 1 unspecified atom stereocenters. The van der Waals surface area contributed by atoms with E-state index in [1.807, 2.05) is 0 Å². The van der Waals surface area contributed by atoms with Gasteiger partial charge >= 0.3 is 6.18 Å². The van der Waals surface area contributed by atoms with Crippen molar-refractivity contribution in [3.63, 3.8) is 0 Å². The molecule has 0 aliphatic rings. The normalized spacial score (nSPS) is 14.1. The second-order valence-corrected chi connectivity index (χ2v) is 3.64. The lowest BCUT2D eigenvalue weighted by molar-refractivity contribution is -0.149. The second-order valence-electron chi connectivity index (χ2n) is 2.72. The maximum absolute atomic E-state index is 12.7. The predicted molar refractivity (Wildman–Crippen MR) is 47.1 cm³/mol. The molecule has 0 saturated carbocycles. The maximum Gasteiger partial charge on any atom is 0.407 e. The number of hydrogen-bond donors (Lipinski definition) is 1. The van der Waals surface area contributed by atoms with Gasteiger partial charge in [0.05, 0.1) is 0 Å². The van der Waals surface area contributed by atoms with E-state index in [-0.39, 0.29) is 10.0 Å². The fourth-order valence-corrected chi connectivity index (χ4v) is 1.43. The fraction of sp³-hybridized carbons (Fsp3) is 0.250. The summed E-state index contributed by atoms with van der Waals surface area (Å²) in [6.07, 6.45) is -4.56.